The minimum Gasteiger partial charge on any atom is -0.496 e. The summed E-state index contributed by atoms with van der Waals surface area (Å²) < 4.78 is 11.0. The molecule has 0 amide bonds. The number of benzene rings is 5. The molecule has 2 nitrogen and oxygen atoms in total. The average Bonchev–Trinajstić information content (AvgIpc) is 2.91. The predicted molar refractivity (Wildman–Crippen MR) is 145 cm³/mol. The summed E-state index contributed by atoms with van der Waals surface area (Å²) in [6.07, 6.45) is 8.63. The number of rotatable bonds is 6. The summed E-state index contributed by atoms with van der Waals surface area (Å²) >= 11 is 0. The van der Waals surface area contributed by atoms with E-state index >= 15 is 0 Å². The van der Waals surface area contributed by atoms with E-state index in [1.54, 1.807) is 14.2 Å². The molecule has 166 valence electrons. The van der Waals surface area contributed by atoms with Gasteiger partial charge in [0, 0.05) is 10.8 Å². The smallest absolute Gasteiger partial charge is 0.126 e. The fraction of sp³-hybridized carbons (Fsp3) is 0.0625. The van der Waals surface area contributed by atoms with Gasteiger partial charge < -0.3 is 9.47 Å². The Bertz CT molecular complexity index is 1390. The van der Waals surface area contributed by atoms with Gasteiger partial charge in [0.05, 0.1) is 14.2 Å². The van der Waals surface area contributed by atoms with Crippen LogP contribution >= 0.6 is 0 Å². The van der Waals surface area contributed by atoms with Crippen LogP contribution < -0.4 is 9.47 Å². The molecule has 5 aromatic carbocycles. The highest BCUT2D eigenvalue weighted by molar-refractivity contribution is 5.97. The first-order chi connectivity index (χ1) is 16.8. The first-order valence-corrected chi connectivity index (χ1v) is 11.3. The van der Waals surface area contributed by atoms with Crippen LogP contribution in [-0.4, -0.2) is 14.2 Å². The maximum Gasteiger partial charge on any atom is 0.126 e. The first-order valence-electron chi connectivity index (χ1n) is 11.3. The monoisotopic (exact) mass is 442 g/mol. The summed E-state index contributed by atoms with van der Waals surface area (Å²) in [6, 6.07) is 33.5. The number of hydrogen-bond donors (Lipinski definition) is 0. The van der Waals surface area contributed by atoms with Gasteiger partial charge in [0.2, 0.25) is 0 Å². The van der Waals surface area contributed by atoms with E-state index in [0.29, 0.717) is 0 Å². The van der Waals surface area contributed by atoms with Crippen LogP contribution in [0.4, 0.5) is 0 Å². The van der Waals surface area contributed by atoms with Crippen LogP contribution in [0.5, 0.6) is 11.5 Å². The van der Waals surface area contributed by atoms with E-state index in [0.717, 1.165) is 33.4 Å². The highest BCUT2D eigenvalue weighted by Crippen LogP contribution is 2.30. The standard InChI is InChI=1S/C32H26O2/c1-33-31-21-19-25(27-7-3-5-9-29(27)31)17-15-23-11-13-24(14-12-23)16-18-26-20-22-32(34-2)30-10-6-4-8-28(26)30/h3-22H,1-2H3/b17-15+,18-16+. The maximum absolute atomic E-state index is 5.51. The van der Waals surface area contributed by atoms with Crippen molar-refractivity contribution in [3.05, 3.63) is 119 Å². The molecule has 0 bridgehead atoms. The molecule has 2 heteroatoms. The molecule has 0 aliphatic carbocycles. The van der Waals surface area contributed by atoms with E-state index < -0.39 is 0 Å². The van der Waals surface area contributed by atoms with Gasteiger partial charge in [-0.15, -0.1) is 0 Å². The first kappa shape index (κ1) is 21.5. The van der Waals surface area contributed by atoms with E-state index in [2.05, 4.69) is 97.1 Å². The van der Waals surface area contributed by atoms with Crippen molar-refractivity contribution in [3.8, 4) is 11.5 Å². The quantitative estimate of drug-likeness (QED) is 0.246. The third-order valence-corrected chi connectivity index (χ3v) is 6.12. The van der Waals surface area contributed by atoms with Crippen LogP contribution in [0, 0.1) is 0 Å². The normalized spacial score (nSPS) is 11.6. The summed E-state index contributed by atoms with van der Waals surface area (Å²) in [5.74, 6) is 1.79. The Morgan fingerprint density at radius 2 is 0.794 bits per heavy atom. The van der Waals surface area contributed by atoms with Crippen LogP contribution in [-0.2, 0) is 0 Å². The van der Waals surface area contributed by atoms with Crippen molar-refractivity contribution in [3.63, 3.8) is 0 Å². The van der Waals surface area contributed by atoms with Gasteiger partial charge in [0.25, 0.3) is 0 Å². The largest absolute Gasteiger partial charge is 0.496 e. The SMILES string of the molecule is COc1ccc(/C=C/c2ccc(/C=C/c3ccc(OC)c4ccccc34)cc2)c2ccccc12. The lowest BCUT2D eigenvalue weighted by Crippen LogP contribution is -1.86. The lowest BCUT2D eigenvalue weighted by molar-refractivity contribution is 0.419. The van der Waals surface area contributed by atoms with E-state index in [-0.39, 0.29) is 0 Å². The van der Waals surface area contributed by atoms with Gasteiger partial charge in [-0.2, -0.15) is 0 Å². The molecule has 0 N–H and O–H groups in total. The molecule has 0 saturated carbocycles. The summed E-state index contributed by atoms with van der Waals surface area (Å²) in [4.78, 5) is 0. The molecule has 0 unspecified atom stereocenters. The summed E-state index contributed by atoms with van der Waals surface area (Å²) in [5.41, 5.74) is 4.66. The summed E-state index contributed by atoms with van der Waals surface area (Å²) in [5, 5.41) is 4.62. The maximum atomic E-state index is 5.51. The highest BCUT2D eigenvalue weighted by atomic mass is 16.5. The van der Waals surface area contributed by atoms with Gasteiger partial charge in [-0.1, -0.05) is 109 Å². The zero-order valence-corrected chi connectivity index (χ0v) is 19.4. The molecule has 0 saturated heterocycles. The van der Waals surface area contributed by atoms with Crippen molar-refractivity contribution >= 4 is 45.8 Å². The van der Waals surface area contributed by atoms with E-state index in [4.69, 9.17) is 9.47 Å². The zero-order chi connectivity index (χ0) is 23.3. The Morgan fingerprint density at radius 3 is 1.18 bits per heavy atom. The van der Waals surface area contributed by atoms with Gasteiger partial charge in [-0.25, -0.2) is 0 Å². The molecule has 0 aliphatic rings. The second-order valence-electron chi connectivity index (χ2n) is 8.14. The number of methoxy groups -OCH3 is 2. The van der Waals surface area contributed by atoms with Gasteiger partial charge in [0.15, 0.2) is 0 Å². The van der Waals surface area contributed by atoms with Crippen molar-refractivity contribution in [1.29, 1.82) is 0 Å². The molecule has 0 aliphatic heterocycles. The second-order valence-corrected chi connectivity index (χ2v) is 8.14. The molecule has 0 fully saturated rings. The third kappa shape index (κ3) is 4.31. The molecule has 0 atom stereocenters. The highest BCUT2D eigenvalue weighted by Gasteiger charge is 2.05. The third-order valence-electron chi connectivity index (χ3n) is 6.12. The minimum atomic E-state index is 0.897. The number of hydrogen-bond acceptors (Lipinski definition) is 2. The van der Waals surface area contributed by atoms with Crippen molar-refractivity contribution in [2.24, 2.45) is 0 Å². The fourth-order valence-electron chi connectivity index (χ4n) is 4.33. The molecular weight excluding hydrogens is 416 g/mol. The number of fused-ring (bicyclic) bond motifs is 2. The molecule has 0 radical (unpaired) electrons. The van der Waals surface area contributed by atoms with Crippen molar-refractivity contribution in [2.75, 3.05) is 14.2 Å². The Morgan fingerprint density at radius 1 is 0.412 bits per heavy atom. The molecule has 5 aromatic rings. The molecular formula is C32H26O2. The second kappa shape index (κ2) is 9.68. The topological polar surface area (TPSA) is 18.5 Å². The molecule has 34 heavy (non-hydrogen) atoms. The fourth-order valence-corrected chi connectivity index (χ4v) is 4.33. The molecule has 0 heterocycles. The van der Waals surface area contributed by atoms with Crippen LogP contribution in [0.1, 0.15) is 22.3 Å². The molecule has 0 spiro atoms. The molecule has 5 rings (SSSR count). The van der Waals surface area contributed by atoms with Gasteiger partial charge >= 0.3 is 0 Å². The Kier molecular flexibility index (Phi) is 6.13. The van der Waals surface area contributed by atoms with Crippen molar-refractivity contribution in [1.82, 2.24) is 0 Å². The van der Waals surface area contributed by atoms with Crippen molar-refractivity contribution in [2.45, 2.75) is 0 Å². The van der Waals surface area contributed by atoms with Crippen LogP contribution in [0.3, 0.4) is 0 Å². The van der Waals surface area contributed by atoms with Gasteiger partial charge in [-0.05, 0) is 45.2 Å². The number of ether oxygens (including phenoxy) is 2. The average molecular weight is 443 g/mol. The predicted octanol–water partition coefficient (Wildman–Crippen LogP) is 8.35. The lowest BCUT2D eigenvalue weighted by atomic mass is 10.0. The van der Waals surface area contributed by atoms with Gasteiger partial charge in [-0.3, -0.25) is 0 Å². The summed E-state index contributed by atoms with van der Waals surface area (Å²) in [6.45, 7) is 0. The van der Waals surface area contributed by atoms with E-state index in [1.165, 1.54) is 21.9 Å². The van der Waals surface area contributed by atoms with Gasteiger partial charge in [0.1, 0.15) is 11.5 Å². The zero-order valence-electron chi connectivity index (χ0n) is 19.4. The Labute approximate surface area is 200 Å². The van der Waals surface area contributed by atoms with Crippen LogP contribution in [0.2, 0.25) is 0 Å². The minimum absolute atomic E-state index is 0.897. The van der Waals surface area contributed by atoms with Crippen LogP contribution in [0.15, 0.2) is 97.1 Å². The van der Waals surface area contributed by atoms with E-state index in [1.807, 2.05) is 24.3 Å². The Balaban J connectivity index is 1.37. The molecule has 0 aromatic heterocycles. The Hall–Kier alpha value is -4.30. The van der Waals surface area contributed by atoms with Crippen molar-refractivity contribution < 1.29 is 9.47 Å². The lowest BCUT2D eigenvalue weighted by Gasteiger charge is -2.08. The summed E-state index contributed by atoms with van der Waals surface area (Å²) in [7, 11) is 3.43. The van der Waals surface area contributed by atoms with E-state index in [9.17, 15) is 0 Å². The van der Waals surface area contributed by atoms with Crippen LogP contribution in [0.25, 0.3) is 45.8 Å².